The van der Waals surface area contributed by atoms with Crippen LogP contribution >= 0.6 is 11.3 Å². The third-order valence-corrected chi connectivity index (χ3v) is 6.18. The van der Waals surface area contributed by atoms with Crippen LogP contribution in [0.3, 0.4) is 0 Å². The number of para-hydroxylation sites is 2. The van der Waals surface area contributed by atoms with Crippen molar-refractivity contribution in [3.05, 3.63) is 124 Å². The normalized spacial score (nSPS) is 11.2. The van der Waals surface area contributed by atoms with E-state index in [-0.39, 0.29) is 10.6 Å². The van der Waals surface area contributed by atoms with E-state index in [4.69, 9.17) is 0 Å². The molecule has 1 aromatic heterocycles. The first-order chi connectivity index (χ1) is 16.2. The molecule has 0 aliphatic carbocycles. The van der Waals surface area contributed by atoms with E-state index >= 15 is 0 Å². The standard InChI is InChI=1S/C27H19N3O2S/c31-30(32)24-16-17-25-26(19-24)33-27(28-25)18-13-20-11-14-23(15-12-20)29(21-7-3-1-4-8-21)22-9-5-2-6-10-22/h1-19H/b18-13+. The summed E-state index contributed by atoms with van der Waals surface area (Å²) < 4.78 is 0.806. The Balaban J connectivity index is 1.41. The molecule has 0 radical (unpaired) electrons. The summed E-state index contributed by atoms with van der Waals surface area (Å²) in [6.45, 7) is 0. The monoisotopic (exact) mass is 449 g/mol. The number of benzene rings is 4. The van der Waals surface area contributed by atoms with Gasteiger partial charge in [0.05, 0.1) is 15.1 Å². The van der Waals surface area contributed by atoms with E-state index in [9.17, 15) is 10.1 Å². The number of nitro groups is 1. The molecule has 5 nitrogen and oxygen atoms in total. The molecule has 5 aromatic rings. The lowest BCUT2D eigenvalue weighted by Gasteiger charge is -2.25. The van der Waals surface area contributed by atoms with Crippen molar-refractivity contribution in [3.8, 4) is 0 Å². The van der Waals surface area contributed by atoms with E-state index in [1.54, 1.807) is 12.1 Å². The molecule has 0 saturated heterocycles. The molecule has 0 aliphatic rings. The van der Waals surface area contributed by atoms with Gasteiger partial charge in [-0.05, 0) is 54.1 Å². The van der Waals surface area contributed by atoms with Crippen molar-refractivity contribution in [1.82, 2.24) is 4.98 Å². The van der Waals surface area contributed by atoms with Gasteiger partial charge in [0, 0.05) is 29.2 Å². The number of hydrogen-bond donors (Lipinski definition) is 0. The number of nitrogens with zero attached hydrogens (tertiary/aromatic N) is 3. The van der Waals surface area contributed by atoms with Gasteiger partial charge in [-0.3, -0.25) is 10.1 Å². The second-order valence-electron chi connectivity index (χ2n) is 7.39. The second kappa shape index (κ2) is 9.06. The third-order valence-electron chi connectivity index (χ3n) is 5.20. The minimum absolute atomic E-state index is 0.0821. The Morgan fingerprint density at radius 3 is 1.97 bits per heavy atom. The zero-order valence-corrected chi connectivity index (χ0v) is 18.4. The molecule has 6 heteroatoms. The highest BCUT2D eigenvalue weighted by Gasteiger charge is 2.12. The number of non-ortho nitro benzene ring substituents is 1. The smallest absolute Gasteiger partial charge is 0.270 e. The predicted molar refractivity (Wildman–Crippen MR) is 136 cm³/mol. The third kappa shape index (κ3) is 4.51. The maximum absolute atomic E-state index is 11.0. The number of fused-ring (bicyclic) bond motifs is 1. The van der Waals surface area contributed by atoms with Crippen LogP contribution in [0.1, 0.15) is 10.6 Å². The number of nitro benzene ring substituents is 1. The second-order valence-corrected chi connectivity index (χ2v) is 8.45. The average Bonchev–Trinajstić information content (AvgIpc) is 3.27. The number of rotatable bonds is 6. The fourth-order valence-electron chi connectivity index (χ4n) is 3.62. The van der Waals surface area contributed by atoms with Crippen LogP contribution in [0.2, 0.25) is 0 Å². The zero-order chi connectivity index (χ0) is 22.6. The molecule has 0 unspecified atom stereocenters. The van der Waals surface area contributed by atoms with Gasteiger partial charge in [0.1, 0.15) is 5.01 Å². The summed E-state index contributed by atoms with van der Waals surface area (Å²) in [4.78, 5) is 17.4. The van der Waals surface area contributed by atoms with Crippen LogP contribution in [0, 0.1) is 10.1 Å². The fourth-order valence-corrected chi connectivity index (χ4v) is 4.52. The highest BCUT2D eigenvalue weighted by Crippen LogP contribution is 2.34. The Morgan fingerprint density at radius 1 is 0.758 bits per heavy atom. The summed E-state index contributed by atoms with van der Waals surface area (Å²) in [5.74, 6) is 0. The van der Waals surface area contributed by atoms with Crippen LogP contribution in [-0.4, -0.2) is 9.91 Å². The SMILES string of the molecule is O=[N+]([O-])c1ccc2nc(/C=C/c3ccc(N(c4ccccc4)c4ccccc4)cc3)sc2c1. The maximum atomic E-state index is 11.0. The van der Waals surface area contributed by atoms with Crippen molar-refractivity contribution in [1.29, 1.82) is 0 Å². The molecule has 0 aliphatic heterocycles. The lowest BCUT2D eigenvalue weighted by molar-refractivity contribution is -0.384. The number of aromatic nitrogens is 1. The van der Waals surface area contributed by atoms with Gasteiger partial charge in [-0.2, -0.15) is 0 Å². The Bertz CT molecular complexity index is 1390. The van der Waals surface area contributed by atoms with Crippen LogP contribution < -0.4 is 4.90 Å². The van der Waals surface area contributed by atoms with Gasteiger partial charge in [-0.25, -0.2) is 4.98 Å². The largest absolute Gasteiger partial charge is 0.311 e. The summed E-state index contributed by atoms with van der Waals surface area (Å²) in [5, 5.41) is 11.8. The van der Waals surface area contributed by atoms with Crippen molar-refractivity contribution in [2.45, 2.75) is 0 Å². The summed E-state index contributed by atoms with van der Waals surface area (Å²) >= 11 is 1.44. The molecule has 0 fully saturated rings. The predicted octanol–water partition coefficient (Wildman–Crippen LogP) is 7.84. The van der Waals surface area contributed by atoms with Crippen molar-refractivity contribution in [2.24, 2.45) is 0 Å². The van der Waals surface area contributed by atoms with Gasteiger partial charge in [0.25, 0.3) is 5.69 Å². The molecule has 5 rings (SSSR count). The lowest BCUT2D eigenvalue weighted by atomic mass is 10.1. The molecule has 0 amide bonds. The van der Waals surface area contributed by atoms with Gasteiger partial charge in [-0.15, -0.1) is 11.3 Å². The highest BCUT2D eigenvalue weighted by atomic mass is 32.1. The van der Waals surface area contributed by atoms with E-state index in [1.807, 2.05) is 48.6 Å². The lowest BCUT2D eigenvalue weighted by Crippen LogP contribution is -2.09. The molecular formula is C27H19N3O2S. The number of anilines is 3. The van der Waals surface area contributed by atoms with Gasteiger partial charge in [0.15, 0.2) is 0 Å². The summed E-state index contributed by atoms with van der Waals surface area (Å²) in [7, 11) is 0. The van der Waals surface area contributed by atoms with Gasteiger partial charge < -0.3 is 4.90 Å². The Hall–Kier alpha value is -4.29. The average molecular weight is 450 g/mol. The summed E-state index contributed by atoms with van der Waals surface area (Å²) in [6, 6.07) is 33.6. The molecular weight excluding hydrogens is 430 g/mol. The minimum Gasteiger partial charge on any atom is -0.311 e. The Kier molecular flexibility index (Phi) is 5.66. The molecule has 160 valence electrons. The van der Waals surface area contributed by atoms with Crippen molar-refractivity contribution in [2.75, 3.05) is 4.90 Å². The fraction of sp³-hybridized carbons (Fsp3) is 0. The van der Waals surface area contributed by atoms with Crippen molar-refractivity contribution in [3.63, 3.8) is 0 Å². The van der Waals surface area contributed by atoms with Gasteiger partial charge in [-0.1, -0.05) is 54.6 Å². The van der Waals surface area contributed by atoms with Crippen LogP contribution in [0.25, 0.3) is 22.4 Å². The molecule has 4 aromatic carbocycles. The Morgan fingerprint density at radius 2 is 1.36 bits per heavy atom. The van der Waals surface area contributed by atoms with Crippen molar-refractivity contribution < 1.29 is 4.92 Å². The van der Waals surface area contributed by atoms with Crippen LogP contribution in [0.4, 0.5) is 22.7 Å². The highest BCUT2D eigenvalue weighted by molar-refractivity contribution is 7.19. The molecule has 33 heavy (non-hydrogen) atoms. The zero-order valence-electron chi connectivity index (χ0n) is 17.5. The number of thiazole rings is 1. The minimum atomic E-state index is -0.385. The van der Waals surface area contributed by atoms with E-state index in [2.05, 4.69) is 58.4 Å². The quantitative estimate of drug-likeness (QED) is 0.196. The van der Waals surface area contributed by atoms with E-state index < -0.39 is 0 Å². The topological polar surface area (TPSA) is 59.3 Å². The van der Waals surface area contributed by atoms with E-state index in [0.717, 1.165) is 37.8 Å². The Labute approximate surface area is 195 Å². The van der Waals surface area contributed by atoms with E-state index in [1.165, 1.54) is 17.4 Å². The maximum Gasteiger partial charge on any atom is 0.270 e. The van der Waals surface area contributed by atoms with Gasteiger partial charge >= 0.3 is 0 Å². The molecule has 0 atom stereocenters. The summed E-state index contributed by atoms with van der Waals surface area (Å²) in [6.07, 6.45) is 3.95. The number of hydrogen-bond acceptors (Lipinski definition) is 5. The van der Waals surface area contributed by atoms with Crippen LogP contribution in [-0.2, 0) is 0 Å². The van der Waals surface area contributed by atoms with Crippen LogP contribution in [0.5, 0.6) is 0 Å². The molecule has 0 spiro atoms. The van der Waals surface area contributed by atoms with Crippen molar-refractivity contribution >= 4 is 56.5 Å². The molecule has 1 heterocycles. The molecule has 0 bridgehead atoms. The summed E-state index contributed by atoms with van der Waals surface area (Å²) in [5.41, 5.74) is 5.15. The van der Waals surface area contributed by atoms with Gasteiger partial charge in [0.2, 0.25) is 0 Å². The molecule has 0 saturated carbocycles. The molecule has 0 N–H and O–H groups in total. The first kappa shape index (κ1) is 20.6. The first-order valence-corrected chi connectivity index (χ1v) is 11.2. The first-order valence-electron chi connectivity index (χ1n) is 10.4. The van der Waals surface area contributed by atoms with E-state index in [0.29, 0.717) is 0 Å². The van der Waals surface area contributed by atoms with Crippen LogP contribution in [0.15, 0.2) is 103 Å².